The molecule has 0 heterocycles. The van der Waals surface area contributed by atoms with Crippen LogP contribution >= 0.6 is 0 Å². The molecule has 0 saturated heterocycles. The van der Waals surface area contributed by atoms with Crippen molar-refractivity contribution in [3.63, 3.8) is 0 Å². The van der Waals surface area contributed by atoms with E-state index in [9.17, 15) is 9.59 Å². The van der Waals surface area contributed by atoms with Crippen LogP contribution in [0.3, 0.4) is 0 Å². The summed E-state index contributed by atoms with van der Waals surface area (Å²) in [5, 5.41) is 5.34. The molecule has 5 heteroatoms. The second kappa shape index (κ2) is 7.98. The SMILES string of the molecule is CCCOc1cccc(C(=O)Nc2cccc(C(=O)NC)c2)c1. The summed E-state index contributed by atoms with van der Waals surface area (Å²) in [6.07, 6.45) is 0.905. The minimum Gasteiger partial charge on any atom is -0.494 e. The van der Waals surface area contributed by atoms with Crippen molar-refractivity contribution in [1.29, 1.82) is 0 Å². The zero-order valence-electron chi connectivity index (χ0n) is 13.3. The normalized spacial score (nSPS) is 10.0. The van der Waals surface area contributed by atoms with Gasteiger partial charge in [0, 0.05) is 23.9 Å². The molecule has 5 nitrogen and oxygen atoms in total. The van der Waals surface area contributed by atoms with Gasteiger partial charge in [0.2, 0.25) is 0 Å². The standard InChI is InChI=1S/C18H20N2O3/c1-3-10-23-16-9-5-7-14(12-16)18(22)20-15-8-4-6-13(11-15)17(21)19-2/h4-9,11-12H,3,10H2,1-2H3,(H,19,21)(H,20,22). The quantitative estimate of drug-likeness (QED) is 0.861. The van der Waals surface area contributed by atoms with Gasteiger partial charge < -0.3 is 15.4 Å². The van der Waals surface area contributed by atoms with Crippen molar-refractivity contribution >= 4 is 17.5 Å². The van der Waals surface area contributed by atoms with Crippen molar-refractivity contribution in [3.05, 3.63) is 59.7 Å². The van der Waals surface area contributed by atoms with Crippen LogP contribution in [0, 0.1) is 0 Å². The lowest BCUT2D eigenvalue weighted by Crippen LogP contribution is -2.18. The number of rotatable bonds is 6. The molecule has 2 aromatic rings. The Morgan fingerprint density at radius 1 is 1.00 bits per heavy atom. The van der Waals surface area contributed by atoms with Gasteiger partial charge >= 0.3 is 0 Å². The zero-order chi connectivity index (χ0) is 16.7. The Balaban J connectivity index is 2.11. The van der Waals surface area contributed by atoms with Crippen LogP contribution < -0.4 is 15.4 Å². The molecule has 0 spiro atoms. The summed E-state index contributed by atoms with van der Waals surface area (Å²) < 4.78 is 5.53. The van der Waals surface area contributed by atoms with Crippen molar-refractivity contribution in [2.24, 2.45) is 0 Å². The summed E-state index contributed by atoms with van der Waals surface area (Å²) in [6, 6.07) is 13.8. The van der Waals surface area contributed by atoms with E-state index in [0.717, 1.165) is 6.42 Å². The first kappa shape index (κ1) is 16.5. The van der Waals surface area contributed by atoms with Gasteiger partial charge in [-0.25, -0.2) is 0 Å². The molecule has 0 aliphatic rings. The van der Waals surface area contributed by atoms with Crippen LogP contribution in [0.4, 0.5) is 5.69 Å². The maximum Gasteiger partial charge on any atom is 0.255 e. The van der Waals surface area contributed by atoms with E-state index < -0.39 is 0 Å². The Labute approximate surface area is 135 Å². The minimum atomic E-state index is -0.249. The number of nitrogens with one attached hydrogen (secondary N) is 2. The van der Waals surface area contributed by atoms with Crippen LogP contribution in [0.25, 0.3) is 0 Å². The molecule has 2 amide bonds. The molecule has 2 N–H and O–H groups in total. The molecule has 23 heavy (non-hydrogen) atoms. The molecule has 0 aliphatic heterocycles. The molecule has 2 rings (SSSR count). The van der Waals surface area contributed by atoms with Gasteiger partial charge in [0.15, 0.2) is 0 Å². The van der Waals surface area contributed by atoms with Gasteiger partial charge in [0.1, 0.15) is 5.75 Å². The highest BCUT2D eigenvalue weighted by Gasteiger charge is 2.09. The van der Waals surface area contributed by atoms with Gasteiger partial charge in [0.05, 0.1) is 6.61 Å². The number of anilines is 1. The molecule has 0 radical (unpaired) electrons. The fourth-order valence-corrected chi connectivity index (χ4v) is 2.03. The van der Waals surface area contributed by atoms with Gasteiger partial charge in [-0.2, -0.15) is 0 Å². The van der Waals surface area contributed by atoms with Gasteiger partial charge in [-0.1, -0.05) is 19.1 Å². The zero-order valence-corrected chi connectivity index (χ0v) is 13.3. The highest BCUT2D eigenvalue weighted by molar-refractivity contribution is 6.05. The number of benzene rings is 2. The van der Waals surface area contributed by atoms with Crippen LogP contribution in [0.2, 0.25) is 0 Å². The van der Waals surface area contributed by atoms with Crippen LogP contribution in [-0.4, -0.2) is 25.5 Å². The molecule has 0 aromatic heterocycles. The highest BCUT2D eigenvalue weighted by Crippen LogP contribution is 2.16. The number of ether oxygens (including phenoxy) is 1. The second-order valence-electron chi connectivity index (χ2n) is 4.99. The molecule has 0 unspecified atom stereocenters. The van der Waals surface area contributed by atoms with Gasteiger partial charge in [0.25, 0.3) is 11.8 Å². The minimum absolute atomic E-state index is 0.198. The Hall–Kier alpha value is -2.82. The predicted octanol–water partition coefficient (Wildman–Crippen LogP) is 3.09. The average molecular weight is 312 g/mol. The highest BCUT2D eigenvalue weighted by atomic mass is 16.5. The summed E-state index contributed by atoms with van der Waals surface area (Å²) >= 11 is 0. The number of hydrogen-bond donors (Lipinski definition) is 2. The molecular formula is C18H20N2O3. The largest absolute Gasteiger partial charge is 0.494 e. The lowest BCUT2D eigenvalue weighted by molar-refractivity contribution is 0.0961. The Morgan fingerprint density at radius 3 is 2.39 bits per heavy atom. The Bertz CT molecular complexity index is 698. The lowest BCUT2D eigenvalue weighted by Gasteiger charge is -2.09. The van der Waals surface area contributed by atoms with Crippen LogP contribution in [0.15, 0.2) is 48.5 Å². The second-order valence-corrected chi connectivity index (χ2v) is 4.99. The van der Waals surface area contributed by atoms with Crippen LogP contribution in [0.5, 0.6) is 5.75 Å². The fourth-order valence-electron chi connectivity index (χ4n) is 2.03. The maximum absolute atomic E-state index is 12.3. The predicted molar refractivity (Wildman–Crippen MR) is 90.0 cm³/mol. The first-order valence-electron chi connectivity index (χ1n) is 7.50. The molecule has 0 bridgehead atoms. The Morgan fingerprint density at radius 2 is 1.70 bits per heavy atom. The molecule has 0 fully saturated rings. The maximum atomic E-state index is 12.3. The van der Waals surface area contributed by atoms with Gasteiger partial charge in [-0.05, 0) is 42.8 Å². The smallest absolute Gasteiger partial charge is 0.255 e. The Kier molecular flexibility index (Phi) is 5.74. The van der Waals surface area contributed by atoms with Crippen molar-refractivity contribution in [1.82, 2.24) is 5.32 Å². The molecule has 0 aliphatic carbocycles. The van der Waals surface area contributed by atoms with Gasteiger partial charge in [-0.15, -0.1) is 0 Å². The average Bonchev–Trinajstić information content (AvgIpc) is 2.59. The first-order chi connectivity index (χ1) is 11.1. The van der Waals surface area contributed by atoms with E-state index in [1.807, 2.05) is 13.0 Å². The van der Waals surface area contributed by atoms with E-state index in [0.29, 0.717) is 29.2 Å². The number of hydrogen-bond acceptors (Lipinski definition) is 3. The lowest BCUT2D eigenvalue weighted by atomic mass is 10.1. The van der Waals surface area contributed by atoms with Crippen LogP contribution in [0.1, 0.15) is 34.1 Å². The van der Waals surface area contributed by atoms with E-state index in [-0.39, 0.29) is 11.8 Å². The summed E-state index contributed by atoms with van der Waals surface area (Å²) in [5.74, 6) is 0.218. The molecule has 0 atom stereocenters. The van der Waals surface area contributed by atoms with Crippen molar-refractivity contribution in [2.75, 3.05) is 19.0 Å². The van der Waals surface area contributed by atoms with Crippen molar-refractivity contribution in [3.8, 4) is 5.75 Å². The topological polar surface area (TPSA) is 67.4 Å². The number of amides is 2. The molecule has 0 saturated carbocycles. The van der Waals surface area contributed by atoms with Crippen molar-refractivity contribution in [2.45, 2.75) is 13.3 Å². The summed E-state index contributed by atoms with van der Waals surface area (Å²) in [4.78, 5) is 23.9. The van der Waals surface area contributed by atoms with Crippen LogP contribution in [-0.2, 0) is 0 Å². The third kappa shape index (κ3) is 4.57. The molecule has 2 aromatic carbocycles. The van der Waals surface area contributed by atoms with E-state index in [1.54, 1.807) is 49.5 Å². The summed E-state index contributed by atoms with van der Waals surface area (Å²) in [7, 11) is 1.56. The van der Waals surface area contributed by atoms with E-state index in [2.05, 4.69) is 10.6 Å². The van der Waals surface area contributed by atoms with E-state index in [1.165, 1.54) is 0 Å². The fraction of sp³-hybridized carbons (Fsp3) is 0.222. The molecule has 120 valence electrons. The first-order valence-corrected chi connectivity index (χ1v) is 7.50. The monoisotopic (exact) mass is 312 g/mol. The third-order valence-corrected chi connectivity index (χ3v) is 3.18. The molecular weight excluding hydrogens is 292 g/mol. The van der Waals surface area contributed by atoms with E-state index >= 15 is 0 Å². The third-order valence-electron chi connectivity index (χ3n) is 3.18. The number of carbonyl (C=O) groups is 2. The van der Waals surface area contributed by atoms with Crippen molar-refractivity contribution < 1.29 is 14.3 Å². The van der Waals surface area contributed by atoms with E-state index in [4.69, 9.17) is 4.74 Å². The summed E-state index contributed by atoms with van der Waals surface area (Å²) in [5.41, 5.74) is 1.56. The summed E-state index contributed by atoms with van der Waals surface area (Å²) in [6.45, 7) is 2.63. The van der Waals surface area contributed by atoms with Gasteiger partial charge in [-0.3, -0.25) is 9.59 Å². The number of carbonyl (C=O) groups excluding carboxylic acids is 2.